The summed E-state index contributed by atoms with van der Waals surface area (Å²) in [4.78, 5) is 26.6. The molecule has 0 aromatic heterocycles. The molecule has 0 aliphatic rings. The molecule has 1 unspecified atom stereocenters. The molecule has 7 nitrogen and oxygen atoms in total. The molecule has 0 saturated heterocycles. The van der Waals surface area contributed by atoms with Gasteiger partial charge in [-0.1, -0.05) is 70.7 Å². The van der Waals surface area contributed by atoms with E-state index in [9.17, 15) is 23.5 Å². The second-order valence-corrected chi connectivity index (χ2v) is 11.5. The topological polar surface area (TPSA) is 90.9 Å². The van der Waals surface area contributed by atoms with Gasteiger partial charge in [0.25, 0.3) is 0 Å². The van der Waals surface area contributed by atoms with Gasteiger partial charge in [0, 0.05) is 19.0 Å². The average Bonchev–Trinajstić information content (AvgIpc) is 2.98. The molecule has 0 heterocycles. The second-order valence-electron chi connectivity index (χ2n) is 11.5. The Balaban J connectivity index is 0.00000705. The van der Waals surface area contributed by atoms with Crippen LogP contribution in [0.15, 0.2) is 66.7 Å². The van der Waals surface area contributed by atoms with Crippen molar-refractivity contribution in [1.29, 1.82) is 0 Å². The summed E-state index contributed by atoms with van der Waals surface area (Å²) in [6.07, 6.45) is 5.11. The van der Waals surface area contributed by atoms with Crippen molar-refractivity contribution in [2.24, 2.45) is 0 Å². The third-order valence-electron chi connectivity index (χ3n) is 7.41. The molecule has 0 aliphatic heterocycles. The number of amides is 2. The zero-order valence-corrected chi connectivity index (χ0v) is 29.0. The Labute approximate surface area is 287 Å². The summed E-state index contributed by atoms with van der Waals surface area (Å²) >= 11 is 0. The number of carboxylic acids is 1. The van der Waals surface area contributed by atoms with E-state index in [1.54, 1.807) is 41.3 Å². The third kappa shape index (κ3) is 12.3. The van der Waals surface area contributed by atoms with Crippen LogP contribution in [0.4, 0.5) is 19.3 Å². The van der Waals surface area contributed by atoms with Crippen molar-refractivity contribution in [1.82, 2.24) is 4.90 Å². The molecule has 0 bridgehead atoms. The van der Waals surface area contributed by atoms with Crippen molar-refractivity contribution >= 4 is 17.7 Å². The number of rotatable bonds is 17. The molecular weight excluding hydrogens is 589 g/mol. The molecule has 2 amide bonds. The number of nitrogens with zero attached hydrogens (tertiary/aromatic N) is 1. The molecule has 3 aromatic carbocycles. The first-order valence-corrected chi connectivity index (χ1v) is 15.2. The van der Waals surface area contributed by atoms with E-state index in [-0.39, 0.29) is 54.8 Å². The zero-order chi connectivity index (χ0) is 32.1. The molecule has 45 heavy (non-hydrogen) atoms. The Hall–Kier alpha value is -3.14. The number of carbonyl (C=O) groups excluding carboxylic acids is 2. The van der Waals surface area contributed by atoms with Crippen molar-refractivity contribution in [3.05, 3.63) is 89.5 Å². The van der Waals surface area contributed by atoms with Gasteiger partial charge in [0.1, 0.15) is 35.3 Å². The van der Waals surface area contributed by atoms with Gasteiger partial charge in [-0.2, -0.15) is 0 Å². The maximum Gasteiger partial charge on any atom is 1.00 e. The van der Waals surface area contributed by atoms with Gasteiger partial charge < -0.3 is 29.6 Å². The summed E-state index contributed by atoms with van der Waals surface area (Å²) in [5.74, 6) is -1.55. The van der Waals surface area contributed by atoms with Crippen LogP contribution in [0.25, 0.3) is 0 Å². The van der Waals surface area contributed by atoms with E-state index < -0.39 is 29.2 Å². The molecule has 1 N–H and O–H groups in total. The van der Waals surface area contributed by atoms with Crippen molar-refractivity contribution in [2.45, 2.75) is 77.7 Å². The fourth-order valence-electron chi connectivity index (χ4n) is 4.70. The summed E-state index contributed by atoms with van der Waals surface area (Å²) < 4.78 is 39.2. The molecule has 10 heteroatoms. The van der Waals surface area contributed by atoms with Crippen molar-refractivity contribution < 1.29 is 62.5 Å². The van der Waals surface area contributed by atoms with E-state index >= 15 is 0 Å². The molecule has 0 saturated carbocycles. The van der Waals surface area contributed by atoms with Gasteiger partial charge in [-0.25, -0.2) is 13.6 Å². The van der Waals surface area contributed by atoms with Crippen LogP contribution in [0.3, 0.4) is 0 Å². The molecule has 238 valence electrons. The van der Waals surface area contributed by atoms with E-state index in [1.807, 2.05) is 12.1 Å². The predicted molar refractivity (Wildman–Crippen MR) is 166 cm³/mol. The molecule has 0 spiro atoms. The first-order chi connectivity index (χ1) is 21.0. The summed E-state index contributed by atoms with van der Waals surface area (Å²) in [7, 11) is 0. The normalized spacial score (nSPS) is 12.2. The van der Waals surface area contributed by atoms with Crippen LogP contribution in [-0.2, 0) is 11.2 Å². The molecule has 0 fully saturated rings. The van der Waals surface area contributed by atoms with E-state index in [2.05, 4.69) is 26.1 Å². The van der Waals surface area contributed by atoms with E-state index in [1.165, 1.54) is 13.0 Å². The Morgan fingerprint density at radius 2 is 1.56 bits per heavy atom. The van der Waals surface area contributed by atoms with Gasteiger partial charge in [-0.3, -0.25) is 0 Å². The quantitative estimate of drug-likeness (QED) is 0.179. The van der Waals surface area contributed by atoms with Crippen molar-refractivity contribution in [3.63, 3.8) is 0 Å². The summed E-state index contributed by atoms with van der Waals surface area (Å²) in [5.41, 5.74) is 0.165. The minimum absolute atomic E-state index is 0. The smallest absolute Gasteiger partial charge is 0.546 e. The Bertz CT molecular complexity index is 1360. The van der Waals surface area contributed by atoms with Gasteiger partial charge in [0.05, 0.1) is 18.2 Å². The van der Waals surface area contributed by atoms with Gasteiger partial charge in [-0.05, 0) is 66.8 Å². The van der Waals surface area contributed by atoms with Crippen LogP contribution in [0, 0.1) is 11.6 Å². The summed E-state index contributed by atoms with van der Waals surface area (Å²) in [6, 6.07) is 16.8. The number of hydrogen-bond acceptors (Lipinski definition) is 5. The Kier molecular flexibility index (Phi) is 15.8. The maximum atomic E-state index is 14.1. The number of ether oxygens (including phenoxy) is 2. The number of carbonyl (C=O) groups is 2. The number of carboxylic acid groups (broad SMARTS) is 1. The average molecular weight is 633 g/mol. The van der Waals surface area contributed by atoms with Crippen molar-refractivity contribution in [2.75, 3.05) is 25.0 Å². The van der Waals surface area contributed by atoms with E-state index in [0.717, 1.165) is 55.4 Å². The molecule has 0 aliphatic carbocycles. The largest absolute Gasteiger partial charge is 1.00 e. The van der Waals surface area contributed by atoms with Crippen molar-refractivity contribution in [3.8, 4) is 11.5 Å². The number of urea groups is 1. The minimum Gasteiger partial charge on any atom is -0.546 e. The molecule has 1 atom stereocenters. The number of halogens is 2. The number of anilines is 1. The van der Waals surface area contributed by atoms with Gasteiger partial charge in [0.15, 0.2) is 0 Å². The first kappa shape index (κ1) is 38.0. The molecule has 0 radical (unpaired) electrons. The Morgan fingerprint density at radius 3 is 2.16 bits per heavy atom. The standard InChI is InChI=1S/C35H44F2N2O5.Na/c1-5-6-7-8-9-20-39(34(42)38-32-19-14-28(36)23-31(32)37)21-22-43-29-15-10-26(11-16-29)24-35(4,33(40)41)44-30-17-12-27(13-18-30)25(2)3;/h10-19,23,25H,5-9,20-22,24H2,1-4H3,(H,38,42)(H,40,41);/q;+1/p-1. The van der Waals surface area contributed by atoms with Crippen LogP contribution in [-0.4, -0.2) is 42.2 Å². The number of hydrogen-bond donors (Lipinski definition) is 1. The van der Waals surface area contributed by atoms with Gasteiger partial charge in [-0.15, -0.1) is 0 Å². The van der Waals surface area contributed by atoms with E-state index in [4.69, 9.17) is 9.47 Å². The fraction of sp³-hybridized carbons (Fsp3) is 0.429. The van der Waals surface area contributed by atoms with Crippen LogP contribution in [0.1, 0.15) is 76.8 Å². The number of unbranched alkanes of at least 4 members (excludes halogenated alkanes) is 4. The van der Waals surface area contributed by atoms with Crippen LogP contribution >= 0.6 is 0 Å². The van der Waals surface area contributed by atoms with Crippen LogP contribution in [0.5, 0.6) is 11.5 Å². The molecular formula is C35H43F2N2NaO5. The number of benzene rings is 3. The summed E-state index contributed by atoms with van der Waals surface area (Å²) in [5, 5.41) is 14.6. The second kappa shape index (κ2) is 18.7. The first-order valence-electron chi connectivity index (χ1n) is 15.2. The van der Waals surface area contributed by atoms with Crippen LogP contribution < -0.4 is 49.5 Å². The maximum absolute atomic E-state index is 14.1. The summed E-state index contributed by atoms with van der Waals surface area (Å²) in [6.45, 7) is 8.66. The number of aliphatic carboxylic acids is 1. The zero-order valence-electron chi connectivity index (χ0n) is 27.0. The predicted octanol–water partition coefficient (Wildman–Crippen LogP) is 4.11. The number of nitrogens with one attached hydrogen (secondary N) is 1. The van der Waals surface area contributed by atoms with Gasteiger partial charge >= 0.3 is 35.6 Å². The monoisotopic (exact) mass is 632 g/mol. The SMILES string of the molecule is CCCCCCCN(CCOc1ccc(CC(C)(Oc2ccc(C(C)C)cc2)C(=O)[O-])cc1)C(=O)Nc1ccc(F)cc1F.[Na+]. The fourth-order valence-corrected chi connectivity index (χ4v) is 4.70. The molecule has 3 aromatic rings. The Morgan fingerprint density at radius 1 is 0.911 bits per heavy atom. The third-order valence-corrected chi connectivity index (χ3v) is 7.41. The van der Waals surface area contributed by atoms with Crippen LogP contribution in [0.2, 0.25) is 0 Å². The minimum atomic E-state index is -1.59. The van der Waals surface area contributed by atoms with Gasteiger partial charge in [0.2, 0.25) is 0 Å². The van der Waals surface area contributed by atoms with E-state index in [0.29, 0.717) is 24.0 Å². The molecule has 3 rings (SSSR count).